The van der Waals surface area contributed by atoms with Gasteiger partial charge in [0.2, 0.25) is 0 Å². The quantitative estimate of drug-likeness (QED) is 0.786. The molecule has 0 saturated heterocycles. The molecule has 3 rings (SSSR count). The maximum atomic E-state index is 12.4. The van der Waals surface area contributed by atoms with Gasteiger partial charge in [-0.3, -0.25) is 4.79 Å². The van der Waals surface area contributed by atoms with Gasteiger partial charge in [0.15, 0.2) is 0 Å². The van der Waals surface area contributed by atoms with Crippen molar-refractivity contribution in [2.24, 2.45) is 0 Å². The van der Waals surface area contributed by atoms with E-state index in [1.165, 1.54) is 0 Å². The summed E-state index contributed by atoms with van der Waals surface area (Å²) in [6.07, 6.45) is 2.38. The number of hydrogen-bond acceptors (Lipinski definition) is 3. The Bertz CT molecular complexity index is 819. The summed E-state index contributed by atoms with van der Waals surface area (Å²) in [4.78, 5) is 14.0. The smallest absolute Gasteiger partial charge is 0.251 e. The van der Waals surface area contributed by atoms with Crippen molar-refractivity contribution in [3.63, 3.8) is 0 Å². The zero-order chi connectivity index (χ0) is 16.9. The van der Waals surface area contributed by atoms with Crippen molar-refractivity contribution in [1.82, 2.24) is 20.3 Å². The number of benzene rings is 2. The van der Waals surface area contributed by atoms with Crippen molar-refractivity contribution in [2.45, 2.75) is 20.3 Å². The van der Waals surface area contributed by atoms with Gasteiger partial charge < -0.3 is 5.32 Å². The first kappa shape index (κ1) is 15.9. The van der Waals surface area contributed by atoms with Gasteiger partial charge in [-0.25, -0.2) is 0 Å². The van der Waals surface area contributed by atoms with Crippen molar-refractivity contribution in [3.8, 4) is 5.69 Å². The predicted molar refractivity (Wildman–Crippen MR) is 93.3 cm³/mol. The maximum Gasteiger partial charge on any atom is 0.251 e. The molecule has 24 heavy (non-hydrogen) atoms. The number of para-hydroxylation sites is 1. The standard InChI is InChI=1S/C19H20N4O/c1-14-7-6-8-15(2)18(14)19(24)20-12-11-16-13-21-23(22-16)17-9-4-3-5-10-17/h3-10,13H,11-12H2,1-2H3,(H,20,24). The van der Waals surface area contributed by atoms with E-state index in [0.29, 0.717) is 13.0 Å². The van der Waals surface area contributed by atoms with Gasteiger partial charge in [0.05, 0.1) is 17.6 Å². The van der Waals surface area contributed by atoms with Gasteiger partial charge in [0.25, 0.3) is 5.91 Å². The molecule has 2 aromatic carbocycles. The van der Waals surface area contributed by atoms with Gasteiger partial charge >= 0.3 is 0 Å². The van der Waals surface area contributed by atoms with Gasteiger partial charge in [0, 0.05) is 18.5 Å². The first-order chi connectivity index (χ1) is 11.6. The minimum Gasteiger partial charge on any atom is -0.352 e. The van der Waals surface area contributed by atoms with E-state index in [2.05, 4.69) is 15.5 Å². The third-order valence-corrected chi connectivity index (χ3v) is 3.90. The van der Waals surface area contributed by atoms with Gasteiger partial charge in [0.1, 0.15) is 0 Å². The minimum atomic E-state index is -0.0407. The number of carbonyl (C=O) groups excluding carboxylic acids is 1. The molecule has 0 aliphatic rings. The lowest BCUT2D eigenvalue weighted by Gasteiger charge is -2.09. The van der Waals surface area contributed by atoms with Crippen molar-refractivity contribution in [3.05, 3.63) is 77.1 Å². The molecular weight excluding hydrogens is 300 g/mol. The lowest BCUT2D eigenvalue weighted by Crippen LogP contribution is -2.27. The molecule has 1 amide bonds. The van der Waals surface area contributed by atoms with Crippen LogP contribution < -0.4 is 5.32 Å². The Kier molecular flexibility index (Phi) is 4.70. The molecule has 1 heterocycles. The Morgan fingerprint density at radius 3 is 2.46 bits per heavy atom. The van der Waals surface area contributed by atoms with E-state index in [4.69, 9.17) is 0 Å². The maximum absolute atomic E-state index is 12.4. The Morgan fingerprint density at radius 1 is 1.04 bits per heavy atom. The number of carbonyl (C=O) groups is 1. The van der Waals surface area contributed by atoms with E-state index in [1.54, 1.807) is 11.0 Å². The van der Waals surface area contributed by atoms with Gasteiger partial charge in [-0.15, -0.1) is 0 Å². The second-order valence-corrected chi connectivity index (χ2v) is 5.73. The minimum absolute atomic E-state index is 0.0407. The van der Waals surface area contributed by atoms with Crippen LogP contribution in [-0.2, 0) is 6.42 Å². The fraction of sp³-hybridized carbons (Fsp3) is 0.211. The summed E-state index contributed by atoms with van der Waals surface area (Å²) in [5.74, 6) is -0.0407. The molecule has 0 unspecified atom stereocenters. The third kappa shape index (κ3) is 3.51. The largest absolute Gasteiger partial charge is 0.352 e. The van der Waals surface area contributed by atoms with Crippen LogP contribution in [0.2, 0.25) is 0 Å². The third-order valence-electron chi connectivity index (χ3n) is 3.90. The highest BCUT2D eigenvalue weighted by Crippen LogP contribution is 2.12. The van der Waals surface area contributed by atoms with E-state index < -0.39 is 0 Å². The molecule has 122 valence electrons. The molecule has 0 atom stereocenters. The lowest BCUT2D eigenvalue weighted by molar-refractivity contribution is 0.0953. The van der Waals surface area contributed by atoms with Crippen LogP contribution in [0, 0.1) is 13.8 Å². The van der Waals surface area contributed by atoms with Gasteiger partial charge in [-0.05, 0) is 37.1 Å². The molecule has 0 spiro atoms. The number of aryl methyl sites for hydroxylation is 2. The summed E-state index contributed by atoms with van der Waals surface area (Å²) in [6, 6.07) is 15.6. The Labute approximate surface area is 141 Å². The monoisotopic (exact) mass is 320 g/mol. The molecule has 1 aromatic heterocycles. The molecule has 1 N–H and O–H groups in total. The molecule has 0 aliphatic carbocycles. The normalized spacial score (nSPS) is 10.6. The van der Waals surface area contributed by atoms with Crippen molar-refractivity contribution in [1.29, 1.82) is 0 Å². The number of nitrogens with zero attached hydrogens (tertiary/aromatic N) is 3. The molecule has 3 aromatic rings. The number of hydrogen-bond donors (Lipinski definition) is 1. The van der Waals surface area contributed by atoms with Crippen molar-refractivity contribution in [2.75, 3.05) is 6.54 Å². The van der Waals surface area contributed by atoms with E-state index >= 15 is 0 Å². The predicted octanol–water partition coefficient (Wildman–Crippen LogP) is 2.86. The van der Waals surface area contributed by atoms with Gasteiger partial charge in [-0.2, -0.15) is 15.0 Å². The number of amides is 1. The highest BCUT2D eigenvalue weighted by atomic mass is 16.1. The lowest BCUT2D eigenvalue weighted by atomic mass is 10.0. The molecule has 0 bridgehead atoms. The highest BCUT2D eigenvalue weighted by molar-refractivity contribution is 5.97. The zero-order valence-corrected chi connectivity index (χ0v) is 13.9. The van der Waals surface area contributed by atoms with E-state index in [1.807, 2.05) is 62.4 Å². The van der Waals surface area contributed by atoms with Crippen LogP contribution in [0.3, 0.4) is 0 Å². The van der Waals surface area contributed by atoms with Crippen molar-refractivity contribution >= 4 is 5.91 Å². The first-order valence-electron chi connectivity index (χ1n) is 7.96. The summed E-state index contributed by atoms with van der Waals surface area (Å²) >= 11 is 0. The topological polar surface area (TPSA) is 59.8 Å². The van der Waals surface area contributed by atoms with Crippen molar-refractivity contribution < 1.29 is 4.79 Å². The van der Waals surface area contributed by atoms with Crippen LogP contribution in [0.1, 0.15) is 27.2 Å². The molecule has 0 aliphatic heterocycles. The fourth-order valence-corrected chi connectivity index (χ4v) is 2.66. The second-order valence-electron chi connectivity index (χ2n) is 5.73. The highest BCUT2D eigenvalue weighted by Gasteiger charge is 2.11. The van der Waals surface area contributed by atoms with E-state index in [-0.39, 0.29) is 5.91 Å². The molecule has 0 radical (unpaired) electrons. The Hall–Kier alpha value is -2.95. The molecule has 5 heteroatoms. The zero-order valence-electron chi connectivity index (χ0n) is 13.9. The molecule has 5 nitrogen and oxygen atoms in total. The average molecular weight is 320 g/mol. The summed E-state index contributed by atoms with van der Waals surface area (Å²) in [6.45, 7) is 4.43. The van der Waals surface area contributed by atoms with E-state index in [0.717, 1.165) is 28.1 Å². The number of rotatable bonds is 5. The average Bonchev–Trinajstić information content (AvgIpc) is 3.04. The number of aromatic nitrogens is 3. The summed E-state index contributed by atoms with van der Waals surface area (Å²) in [5.41, 5.74) is 4.50. The molecule has 0 saturated carbocycles. The Morgan fingerprint density at radius 2 is 1.75 bits per heavy atom. The van der Waals surface area contributed by atoms with Crippen LogP contribution in [0.25, 0.3) is 5.69 Å². The summed E-state index contributed by atoms with van der Waals surface area (Å²) < 4.78 is 0. The van der Waals surface area contributed by atoms with Crippen LogP contribution in [0.4, 0.5) is 0 Å². The first-order valence-corrected chi connectivity index (χ1v) is 7.96. The second kappa shape index (κ2) is 7.08. The van der Waals surface area contributed by atoms with Crippen LogP contribution in [0.15, 0.2) is 54.7 Å². The summed E-state index contributed by atoms with van der Waals surface area (Å²) in [7, 11) is 0. The fourth-order valence-electron chi connectivity index (χ4n) is 2.66. The molecule has 0 fully saturated rings. The Balaban J connectivity index is 1.59. The number of nitrogens with one attached hydrogen (secondary N) is 1. The van der Waals surface area contributed by atoms with E-state index in [9.17, 15) is 4.79 Å². The van der Waals surface area contributed by atoms with Crippen LogP contribution in [-0.4, -0.2) is 27.4 Å². The van der Waals surface area contributed by atoms with Crippen LogP contribution >= 0.6 is 0 Å². The van der Waals surface area contributed by atoms with Gasteiger partial charge in [-0.1, -0.05) is 36.4 Å². The van der Waals surface area contributed by atoms with Crippen LogP contribution in [0.5, 0.6) is 0 Å². The summed E-state index contributed by atoms with van der Waals surface area (Å²) in [5, 5.41) is 11.7. The SMILES string of the molecule is Cc1cccc(C)c1C(=O)NCCc1cnn(-c2ccccc2)n1. The molecular formula is C19H20N4O.